The van der Waals surface area contributed by atoms with E-state index in [-0.39, 0.29) is 0 Å². The number of primary amides is 1. The van der Waals surface area contributed by atoms with Gasteiger partial charge in [-0.15, -0.1) is 0 Å². The Bertz CT molecular complexity index is 553. The van der Waals surface area contributed by atoms with Gasteiger partial charge in [-0.1, -0.05) is 11.6 Å². The smallest absolute Gasteiger partial charge is 0.250 e. The van der Waals surface area contributed by atoms with Crippen LogP contribution >= 0.6 is 34.2 Å². The highest BCUT2D eigenvalue weighted by Crippen LogP contribution is 2.20. The minimum absolute atomic E-state index is 0.393. The van der Waals surface area contributed by atoms with Gasteiger partial charge >= 0.3 is 0 Å². The zero-order valence-electron chi connectivity index (χ0n) is 8.02. The molecule has 2 N–H and O–H groups in total. The molecular formula is C10H7ClIN3O. The summed E-state index contributed by atoms with van der Waals surface area (Å²) >= 11 is 8.02. The second-order valence-corrected chi connectivity index (χ2v) is 4.81. The molecule has 1 aromatic carbocycles. The molecule has 0 spiro atoms. The van der Waals surface area contributed by atoms with Gasteiger partial charge in [-0.3, -0.25) is 4.79 Å². The number of carbonyl (C=O) groups is 1. The third-order valence-electron chi connectivity index (χ3n) is 2.02. The summed E-state index contributed by atoms with van der Waals surface area (Å²) in [6.07, 6.45) is 3.48. The Labute approximate surface area is 111 Å². The Morgan fingerprint density at radius 1 is 1.50 bits per heavy atom. The fraction of sp³-hybridized carbons (Fsp3) is 0. The van der Waals surface area contributed by atoms with Crippen molar-refractivity contribution in [2.24, 2.45) is 5.73 Å². The third kappa shape index (κ3) is 2.19. The van der Waals surface area contributed by atoms with Crippen molar-refractivity contribution in [2.45, 2.75) is 0 Å². The van der Waals surface area contributed by atoms with E-state index in [1.807, 2.05) is 0 Å². The van der Waals surface area contributed by atoms with Crippen molar-refractivity contribution in [3.63, 3.8) is 0 Å². The summed E-state index contributed by atoms with van der Waals surface area (Å²) in [6.45, 7) is 0. The van der Waals surface area contributed by atoms with Crippen LogP contribution in [0, 0.1) is 3.57 Å². The molecule has 82 valence electrons. The molecule has 0 bridgehead atoms. The van der Waals surface area contributed by atoms with Crippen LogP contribution in [0.1, 0.15) is 10.4 Å². The van der Waals surface area contributed by atoms with E-state index in [2.05, 4.69) is 27.7 Å². The van der Waals surface area contributed by atoms with Crippen molar-refractivity contribution in [1.82, 2.24) is 9.78 Å². The molecule has 6 heteroatoms. The van der Waals surface area contributed by atoms with E-state index < -0.39 is 5.91 Å². The van der Waals surface area contributed by atoms with Crippen LogP contribution in [0.2, 0.25) is 5.02 Å². The Hall–Kier alpha value is -1.08. The second-order valence-electron chi connectivity index (χ2n) is 3.13. The molecule has 0 saturated heterocycles. The first-order valence-electron chi connectivity index (χ1n) is 4.38. The van der Waals surface area contributed by atoms with Crippen molar-refractivity contribution in [3.05, 3.63) is 44.7 Å². The molecule has 0 aliphatic carbocycles. The van der Waals surface area contributed by atoms with Gasteiger partial charge in [0.05, 0.1) is 21.0 Å². The summed E-state index contributed by atoms with van der Waals surface area (Å²) < 4.78 is 2.54. The highest BCUT2D eigenvalue weighted by Gasteiger charge is 2.11. The minimum Gasteiger partial charge on any atom is -0.366 e. The van der Waals surface area contributed by atoms with Gasteiger partial charge in [0.15, 0.2) is 0 Å². The molecule has 2 rings (SSSR count). The zero-order chi connectivity index (χ0) is 11.7. The Morgan fingerprint density at radius 2 is 2.25 bits per heavy atom. The highest BCUT2D eigenvalue weighted by molar-refractivity contribution is 14.1. The maximum absolute atomic E-state index is 11.2. The van der Waals surface area contributed by atoms with Crippen LogP contribution in [0.5, 0.6) is 0 Å². The molecular weight excluding hydrogens is 340 g/mol. The normalized spacial score (nSPS) is 10.4. The second kappa shape index (κ2) is 4.42. The van der Waals surface area contributed by atoms with Crippen molar-refractivity contribution in [2.75, 3.05) is 0 Å². The van der Waals surface area contributed by atoms with Crippen molar-refractivity contribution >= 4 is 40.1 Å². The number of nitrogens with two attached hydrogens (primary N) is 1. The molecule has 0 fully saturated rings. The quantitative estimate of drug-likeness (QED) is 0.847. The number of aromatic nitrogens is 2. The highest BCUT2D eigenvalue weighted by atomic mass is 127. The lowest BCUT2D eigenvalue weighted by atomic mass is 10.1. The Kier molecular flexibility index (Phi) is 3.15. The van der Waals surface area contributed by atoms with Gasteiger partial charge in [0.1, 0.15) is 0 Å². The number of halogens is 2. The first-order chi connectivity index (χ1) is 7.58. The van der Waals surface area contributed by atoms with Crippen LogP contribution in [-0.4, -0.2) is 15.7 Å². The number of rotatable bonds is 2. The molecule has 1 amide bonds. The Morgan fingerprint density at radius 3 is 2.81 bits per heavy atom. The van der Waals surface area contributed by atoms with Crippen LogP contribution in [0.15, 0.2) is 30.6 Å². The van der Waals surface area contributed by atoms with E-state index in [1.54, 1.807) is 35.3 Å². The molecule has 0 radical (unpaired) electrons. The summed E-state index contributed by atoms with van der Waals surface area (Å²) in [5, 5.41) is 4.65. The lowest BCUT2D eigenvalue weighted by molar-refractivity contribution is 0.1000. The van der Waals surface area contributed by atoms with Crippen LogP contribution in [0.25, 0.3) is 5.69 Å². The summed E-state index contributed by atoms with van der Waals surface area (Å²) in [5.74, 6) is -0.503. The first-order valence-corrected chi connectivity index (χ1v) is 5.83. The average Bonchev–Trinajstić information content (AvgIpc) is 2.64. The van der Waals surface area contributed by atoms with Crippen molar-refractivity contribution < 1.29 is 4.79 Å². The van der Waals surface area contributed by atoms with Crippen LogP contribution in [0.4, 0.5) is 0 Å². The fourth-order valence-electron chi connectivity index (χ4n) is 1.34. The minimum atomic E-state index is -0.503. The molecule has 0 aliphatic rings. The summed E-state index contributed by atoms with van der Waals surface area (Å²) in [6, 6.07) is 4.87. The predicted octanol–water partition coefficient (Wildman–Crippen LogP) is 2.23. The van der Waals surface area contributed by atoms with Gasteiger partial charge in [-0.2, -0.15) is 5.10 Å². The van der Waals surface area contributed by atoms with E-state index in [4.69, 9.17) is 17.3 Å². The summed E-state index contributed by atoms with van der Waals surface area (Å²) in [5.41, 5.74) is 6.26. The molecule has 16 heavy (non-hydrogen) atoms. The number of amides is 1. The van der Waals surface area contributed by atoms with Crippen molar-refractivity contribution in [1.29, 1.82) is 0 Å². The lowest BCUT2D eigenvalue weighted by Crippen LogP contribution is -2.14. The van der Waals surface area contributed by atoms with E-state index in [0.29, 0.717) is 16.3 Å². The number of hydrogen-bond donors (Lipinski definition) is 1. The van der Waals surface area contributed by atoms with E-state index >= 15 is 0 Å². The standard InChI is InChI=1S/C10H7ClIN3O/c11-6-1-2-8(10(13)16)9(3-6)15-5-7(12)4-14-15/h1-5H,(H2,13,16). The molecule has 0 aliphatic heterocycles. The average molecular weight is 348 g/mol. The van der Waals surface area contributed by atoms with Crippen LogP contribution in [-0.2, 0) is 0 Å². The topological polar surface area (TPSA) is 60.9 Å². The molecule has 0 saturated carbocycles. The van der Waals surface area contributed by atoms with Crippen LogP contribution in [0.3, 0.4) is 0 Å². The molecule has 1 aromatic heterocycles. The predicted molar refractivity (Wildman–Crippen MR) is 69.8 cm³/mol. The van der Waals surface area contributed by atoms with Crippen molar-refractivity contribution in [3.8, 4) is 5.69 Å². The molecule has 1 heterocycles. The van der Waals surface area contributed by atoms with Gasteiger partial charge in [0.25, 0.3) is 5.91 Å². The van der Waals surface area contributed by atoms with Gasteiger partial charge < -0.3 is 5.73 Å². The monoisotopic (exact) mass is 347 g/mol. The number of hydrogen-bond acceptors (Lipinski definition) is 2. The lowest BCUT2D eigenvalue weighted by Gasteiger charge is -2.06. The van der Waals surface area contributed by atoms with E-state index in [1.165, 1.54) is 0 Å². The number of nitrogens with zero attached hydrogens (tertiary/aromatic N) is 2. The number of carbonyl (C=O) groups excluding carboxylic acids is 1. The fourth-order valence-corrected chi connectivity index (χ4v) is 1.89. The first kappa shape index (κ1) is 11.4. The molecule has 0 atom stereocenters. The SMILES string of the molecule is NC(=O)c1ccc(Cl)cc1-n1cc(I)cn1. The van der Waals surface area contributed by atoms with Gasteiger partial charge in [0.2, 0.25) is 0 Å². The molecule has 2 aromatic rings. The summed E-state index contributed by atoms with van der Waals surface area (Å²) in [4.78, 5) is 11.2. The molecule has 4 nitrogen and oxygen atoms in total. The Balaban J connectivity index is 2.62. The van der Waals surface area contributed by atoms with E-state index in [0.717, 1.165) is 3.57 Å². The summed E-state index contributed by atoms with van der Waals surface area (Å²) in [7, 11) is 0. The molecule has 0 unspecified atom stereocenters. The number of benzene rings is 1. The maximum Gasteiger partial charge on any atom is 0.250 e. The van der Waals surface area contributed by atoms with Gasteiger partial charge in [0, 0.05) is 11.2 Å². The third-order valence-corrected chi connectivity index (χ3v) is 2.82. The van der Waals surface area contributed by atoms with Gasteiger partial charge in [-0.05, 0) is 40.8 Å². The largest absolute Gasteiger partial charge is 0.366 e. The van der Waals surface area contributed by atoms with Gasteiger partial charge in [-0.25, -0.2) is 4.68 Å². The van der Waals surface area contributed by atoms with Crippen LogP contribution < -0.4 is 5.73 Å². The van der Waals surface area contributed by atoms with E-state index in [9.17, 15) is 4.79 Å². The maximum atomic E-state index is 11.2. The zero-order valence-corrected chi connectivity index (χ0v) is 10.9.